The van der Waals surface area contributed by atoms with E-state index in [1.165, 1.54) is 13.2 Å². The number of aromatic nitrogens is 2. The van der Waals surface area contributed by atoms with Gasteiger partial charge >= 0.3 is 11.9 Å². The molecular weight excluding hydrogens is 388 g/mol. The van der Waals surface area contributed by atoms with Crippen molar-refractivity contribution in [3.05, 3.63) is 53.7 Å². The highest BCUT2D eigenvalue weighted by Crippen LogP contribution is 2.16. The van der Waals surface area contributed by atoms with Crippen molar-refractivity contribution in [2.24, 2.45) is 0 Å². The van der Waals surface area contributed by atoms with Crippen LogP contribution in [0.2, 0.25) is 0 Å². The summed E-state index contributed by atoms with van der Waals surface area (Å²) in [4.78, 5) is 38.4. The van der Waals surface area contributed by atoms with Crippen LogP contribution in [0.5, 0.6) is 0 Å². The van der Waals surface area contributed by atoms with E-state index in [0.717, 1.165) is 31.5 Å². The van der Waals surface area contributed by atoms with Gasteiger partial charge in [-0.25, -0.2) is 9.59 Å². The van der Waals surface area contributed by atoms with Crippen LogP contribution in [0.25, 0.3) is 0 Å². The number of benzene rings is 1. The number of carbonyl (C=O) groups excluding carboxylic acids is 3. The topological polar surface area (TPSA) is 111 Å². The molecule has 1 aromatic carbocycles. The summed E-state index contributed by atoms with van der Waals surface area (Å²) < 4.78 is 9.75. The molecule has 9 nitrogen and oxygen atoms in total. The molecule has 1 saturated heterocycles. The van der Waals surface area contributed by atoms with Gasteiger partial charge in [-0.3, -0.25) is 4.79 Å². The Morgan fingerprint density at radius 3 is 2.43 bits per heavy atom. The summed E-state index contributed by atoms with van der Waals surface area (Å²) in [5.41, 5.74) is 0.873. The van der Waals surface area contributed by atoms with Gasteiger partial charge in [0.15, 0.2) is 18.1 Å². The molecule has 0 radical (unpaired) electrons. The Morgan fingerprint density at radius 1 is 1.07 bits per heavy atom. The predicted molar refractivity (Wildman–Crippen MR) is 108 cm³/mol. The average molecular weight is 412 g/mol. The molecule has 158 valence electrons. The molecular formula is C21H24N4O5. The van der Waals surface area contributed by atoms with Gasteiger partial charge in [-0.2, -0.15) is 0 Å². The van der Waals surface area contributed by atoms with Crippen LogP contribution in [0, 0.1) is 0 Å². The highest BCUT2D eigenvalue weighted by atomic mass is 16.5. The largest absolute Gasteiger partial charge is 0.467 e. The maximum Gasteiger partial charge on any atom is 0.359 e. The molecule has 1 amide bonds. The molecule has 1 fully saturated rings. The molecule has 1 aromatic heterocycles. The first kappa shape index (κ1) is 21.2. The number of nitrogens with one attached hydrogen (secondary N) is 1. The Bertz CT molecular complexity index is 867. The van der Waals surface area contributed by atoms with Crippen molar-refractivity contribution in [3.63, 3.8) is 0 Å². The molecule has 1 atom stereocenters. The summed E-state index contributed by atoms with van der Waals surface area (Å²) in [5.74, 6) is -1.25. The Labute approximate surface area is 174 Å². The van der Waals surface area contributed by atoms with E-state index in [1.54, 1.807) is 6.07 Å². The first-order valence-electron chi connectivity index (χ1n) is 9.73. The monoisotopic (exact) mass is 412 g/mol. The molecule has 9 heteroatoms. The summed E-state index contributed by atoms with van der Waals surface area (Å²) in [6.45, 7) is 1.29. The van der Waals surface area contributed by atoms with Crippen molar-refractivity contribution in [3.8, 4) is 0 Å². The van der Waals surface area contributed by atoms with Gasteiger partial charge in [0.05, 0.1) is 7.11 Å². The van der Waals surface area contributed by atoms with E-state index in [0.29, 0.717) is 5.82 Å². The average Bonchev–Trinajstić information content (AvgIpc) is 3.32. The number of carbonyl (C=O) groups is 3. The smallest absolute Gasteiger partial charge is 0.359 e. The fourth-order valence-electron chi connectivity index (χ4n) is 3.18. The minimum atomic E-state index is -0.886. The minimum Gasteiger partial charge on any atom is -0.467 e. The van der Waals surface area contributed by atoms with Gasteiger partial charge in [0.25, 0.3) is 5.91 Å². The summed E-state index contributed by atoms with van der Waals surface area (Å²) >= 11 is 0. The summed E-state index contributed by atoms with van der Waals surface area (Å²) in [6, 6.07) is 11.6. The maximum absolute atomic E-state index is 12.2. The zero-order chi connectivity index (χ0) is 21.3. The van der Waals surface area contributed by atoms with Gasteiger partial charge in [0.2, 0.25) is 0 Å². The third-order valence-electron chi connectivity index (χ3n) is 4.73. The number of amides is 1. The van der Waals surface area contributed by atoms with E-state index >= 15 is 0 Å². The van der Waals surface area contributed by atoms with E-state index in [1.807, 2.05) is 30.3 Å². The van der Waals surface area contributed by atoms with Crippen molar-refractivity contribution in [1.29, 1.82) is 0 Å². The predicted octanol–water partition coefficient (Wildman–Crippen LogP) is 1.13. The Balaban J connectivity index is 1.51. The van der Waals surface area contributed by atoms with Crippen molar-refractivity contribution in [2.45, 2.75) is 25.3 Å². The van der Waals surface area contributed by atoms with Crippen molar-refractivity contribution < 1.29 is 23.9 Å². The van der Waals surface area contributed by atoms with Gasteiger partial charge < -0.3 is 19.7 Å². The SMILES string of the molecule is COC(=O)C(Cc1ccccc1)NC(=O)COC(=O)c1ccc(N2CCCC2)nn1. The van der Waals surface area contributed by atoms with Crippen LogP contribution in [0.15, 0.2) is 42.5 Å². The second-order valence-electron chi connectivity index (χ2n) is 6.88. The second-order valence-corrected chi connectivity index (χ2v) is 6.88. The molecule has 30 heavy (non-hydrogen) atoms. The molecule has 2 aromatic rings. The van der Waals surface area contributed by atoms with Crippen LogP contribution >= 0.6 is 0 Å². The molecule has 0 saturated carbocycles. The van der Waals surface area contributed by atoms with Crippen LogP contribution < -0.4 is 10.2 Å². The zero-order valence-electron chi connectivity index (χ0n) is 16.7. The van der Waals surface area contributed by atoms with Gasteiger partial charge in [-0.05, 0) is 30.5 Å². The van der Waals surface area contributed by atoms with Crippen molar-refractivity contribution in [2.75, 3.05) is 31.7 Å². The summed E-state index contributed by atoms with van der Waals surface area (Å²) in [5, 5.41) is 10.5. The lowest BCUT2D eigenvalue weighted by Gasteiger charge is -2.17. The van der Waals surface area contributed by atoms with Crippen molar-refractivity contribution in [1.82, 2.24) is 15.5 Å². The van der Waals surface area contributed by atoms with E-state index < -0.39 is 30.5 Å². The molecule has 1 aliphatic rings. The van der Waals surface area contributed by atoms with Crippen LogP contribution in [0.3, 0.4) is 0 Å². The fraction of sp³-hybridized carbons (Fsp3) is 0.381. The molecule has 3 rings (SSSR count). The van der Waals surface area contributed by atoms with E-state index in [4.69, 9.17) is 9.47 Å². The lowest BCUT2D eigenvalue weighted by molar-refractivity contribution is -0.145. The zero-order valence-corrected chi connectivity index (χ0v) is 16.7. The van der Waals surface area contributed by atoms with Gasteiger partial charge in [0, 0.05) is 19.5 Å². The lowest BCUT2D eigenvalue weighted by Crippen LogP contribution is -2.44. The third-order valence-corrected chi connectivity index (χ3v) is 4.73. The maximum atomic E-state index is 12.2. The van der Waals surface area contributed by atoms with Crippen molar-refractivity contribution >= 4 is 23.7 Å². The third kappa shape index (κ3) is 5.76. The molecule has 0 spiro atoms. The number of methoxy groups -OCH3 is 1. The van der Waals surface area contributed by atoms with Gasteiger partial charge in [-0.15, -0.1) is 10.2 Å². The Hall–Kier alpha value is -3.49. The first-order chi connectivity index (χ1) is 14.6. The van der Waals surface area contributed by atoms with Gasteiger partial charge in [0.1, 0.15) is 6.04 Å². The van der Waals surface area contributed by atoms with E-state index in [-0.39, 0.29) is 12.1 Å². The van der Waals surface area contributed by atoms with Crippen LogP contribution in [-0.2, 0) is 25.5 Å². The molecule has 1 N–H and O–H groups in total. The lowest BCUT2D eigenvalue weighted by atomic mass is 10.1. The Morgan fingerprint density at radius 2 is 1.80 bits per heavy atom. The number of rotatable bonds is 8. The number of hydrogen-bond acceptors (Lipinski definition) is 8. The Kier molecular flexibility index (Phi) is 7.31. The van der Waals surface area contributed by atoms with Crippen LogP contribution in [-0.4, -0.2) is 60.9 Å². The molecule has 0 aliphatic carbocycles. The standard InChI is InChI=1S/C21H24N4O5/c1-29-20(27)17(13-15-7-3-2-4-8-15)22-19(26)14-30-21(28)16-9-10-18(24-23-16)25-11-5-6-12-25/h2-4,7-10,17H,5-6,11-14H2,1H3,(H,22,26). The van der Waals surface area contributed by atoms with Gasteiger partial charge in [-0.1, -0.05) is 30.3 Å². The highest BCUT2D eigenvalue weighted by molar-refractivity contribution is 5.90. The second kappa shape index (κ2) is 10.3. The highest BCUT2D eigenvalue weighted by Gasteiger charge is 2.23. The summed E-state index contributed by atoms with van der Waals surface area (Å²) in [6.07, 6.45) is 2.48. The molecule has 1 unspecified atom stereocenters. The quantitative estimate of drug-likeness (QED) is 0.643. The number of nitrogens with zero attached hydrogens (tertiary/aromatic N) is 3. The first-order valence-corrected chi connectivity index (χ1v) is 9.73. The summed E-state index contributed by atoms with van der Waals surface area (Å²) in [7, 11) is 1.25. The number of anilines is 1. The molecule has 1 aliphatic heterocycles. The number of hydrogen-bond donors (Lipinski definition) is 1. The van der Waals surface area contributed by atoms with E-state index in [9.17, 15) is 14.4 Å². The van der Waals surface area contributed by atoms with E-state index in [2.05, 4.69) is 20.4 Å². The number of ether oxygens (including phenoxy) is 2. The van der Waals surface area contributed by atoms with Crippen LogP contribution in [0.1, 0.15) is 28.9 Å². The molecule has 0 bridgehead atoms. The molecule has 2 heterocycles. The fourth-order valence-corrected chi connectivity index (χ4v) is 3.18. The normalized spacial score (nSPS) is 14.1. The van der Waals surface area contributed by atoms with Crippen LogP contribution in [0.4, 0.5) is 5.82 Å². The minimum absolute atomic E-state index is 0.0135. The number of esters is 2.